The van der Waals surface area contributed by atoms with Crippen LogP contribution in [0.5, 0.6) is 0 Å². The number of nitrogens with zero attached hydrogens (tertiary/aromatic N) is 1. The van der Waals surface area contributed by atoms with E-state index in [0.29, 0.717) is 11.0 Å². The second-order valence-electron chi connectivity index (χ2n) is 7.00. The third-order valence-electron chi connectivity index (χ3n) is 5.42. The molecule has 1 aliphatic carbocycles. The van der Waals surface area contributed by atoms with Gasteiger partial charge in [0.05, 0.1) is 0 Å². The van der Waals surface area contributed by atoms with Crippen LogP contribution in [-0.2, 0) is 4.74 Å². The van der Waals surface area contributed by atoms with Crippen LogP contribution in [0, 0.1) is 5.41 Å². The van der Waals surface area contributed by atoms with Crippen molar-refractivity contribution < 1.29 is 4.74 Å². The normalized spacial score (nSPS) is 34.4. The molecule has 0 amide bonds. The molecule has 2 rings (SSSR count). The molecule has 0 aromatic heterocycles. The van der Waals surface area contributed by atoms with E-state index in [4.69, 9.17) is 4.74 Å². The third kappa shape index (κ3) is 3.71. The molecule has 1 aliphatic heterocycles. The summed E-state index contributed by atoms with van der Waals surface area (Å²) in [4.78, 5) is 2.77. The summed E-state index contributed by atoms with van der Waals surface area (Å²) in [7, 11) is 1.82. The van der Waals surface area contributed by atoms with Crippen LogP contribution in [0.4, 0.5) is 0 Å². The monoisotopic (exact) mass is 268 g/mol. The van der Waals surface area contributed by atoms with Gasteiger partial charge in [-0.15, -0.1) is 0 Å². The fourth-order valence-corrected chi connectivity index (χ4v) is 3.36. The van der Waals surface area contributed by atoms with E-state index in [0.717, 1.165) is 19.2 Å². The van der Waals surface area contributed by atoms with Gasteiger partial charge in [0.25, 0.3) is 0 Å². The topological polar surface area (TPSA) is 24.5 Å². The van der Waals surface area contributed by atoms with Crippen LogP contribution in [-0.4, -0.2) is 49.8 Å². The number of piperazine rings is 1. The maximum atomic E-state index is 5.29. The average Bonchev–Trinajstić information content (AvgIpc) is 3.17. The molecular weight excluding hydrogens is 236 g/mol. The van der Waals surface area contributed by atoms with Gasteiger partial charge in [0, 0.05) is 44.9 Å². The van der Waals surface area contributed by atoms with Gasteiger partial charge in [-0.1, -0.05) is 13.8 Å². The van der Waals surface area contributed by atoms with Gasteiger partial charge in [-0.2, -0.15) is 0 Å². The molecule has 0 radical (unpaired) electrons. The van der Waals surface area contributed by atoms with Gasteiger partial charge in [-0.05, 0) is 44.4 Å². The highest BCUT2D eigenvalue weighted by molar-refractivity contribution is 5.01. The first-order chi connectivity index (χ1) is 9.06. The molecule has 0 aromatic carbocycles. The fourth-order valence-electron chi connectivity index (χ4n) is 3.36. The summed E-state index contributed by atoms with van der Waals surface area (Å²) >= 11 is 0. The number of rotatable bonds is 7. The van der Waals surface area contributed by atoms with Crippen LogP contribution < -0.4 is 5.32 Å². The lowest BCUT2D eigenvalue weighted by atomic mass is 9.91. The van der Waals surface area contributed by atoms with Gasteiger partial charge in [0.2, 0.25) is 0 Å². The zero-order chi connectivity index (χ0) is 13.9. The second-order valence-corrected chi connectivity index (χ2v) is 7.00. The largest absolute Gasteiger partial charge is 0.385 e. The van der Waals surface area contributed by atoms with Gasteiger partial charge in [0.15, 0.2) is 0 Å². The molecule has 3 nitrogen and oxygen atoms in total. The molecule has 0 spiro atoms. The Morgan fingerprint density at radius 3 is 2.58 bits per heavy atom. The predicted octanol–water partition coefficient (Wildman–Crippen LogP) is 2.66. The highest BCUT2D eigenvalue weighted by Crippen LogP contribution is 2.50. The molecule has 1 N–H and O–H groups in total. The van der Waals surface area contributed by atoms with Crippen molar-refractivity contribution in [2.45, 2.75) is 64.5 Å². The maximum Gasteiger partial charge on any atom is 0.0468 e. The van der Waals surface area contributed by atoms with Crippen molar-refractivity contribution in [3.05, 3.63) is 0 Å². The lowest BCUT2D eigenvalue weighted by Crippen LogP contribution is -2.63. The number of ether oxygens (including phenoxy) is 1. The molecule has 0 bridgehead atoms. The zero-order valence-electron chi connectivity index (χ0n) is 13.3. The highest BCUT2D eigenvalue weighted by Gasteiger charge is 2.46. The van der Waals surface area contributed by atoms with E-state index in [9.17, 15) is 0 Å². The number of nitrogens with one attached hydrogen (secondary N) is 1. The number of methoxy groups -OCH3 is 1. The average molecular weight is 268 g/mol. The smallest absolute Gasteiger partial charge is 0.0468 e. The first-order valence-corrected chi connectivity index (χ1v) is 8.04. The van der Waals surface area contributed by atoms with E-state index in [-0.39, 0.29) is 0 Å². The molecule has 2 unspecified atom stereocenters. The van der Waals surface area contributed by atoms with Gasteiger partial charge >= 0.3 is 0 Å². The fraction of sp³-hybridized carbons (Fsp3) is 1.00. The Balaban J connectivity index is 1.95. The molecule has 2 atom stereocenters. The molecule has 2 aliphatic rings. The van der Waals surface area contributed by atoms with Gasteiger partial charge in [-0.3, -0.25) is 4.90 Å². The first-order valence-electron chi connectivity index (χ1n) is 8.04. The van der Waals surface area contributed by atoms with E-state index < -0.39 is 0 Å². The summed E-state index contributed by atoms with van der Waals surface area (Å²) in [6.45, 7) is 11.6. The molecule has 0 aromatic rings. The van der Waals surface area contributed by atoms with Gasteiger partial charge in [-0.25, -0.2) is 0 Å². The van der Waals surface area contributed by atoms with E-state index in [1.807, 2.05) is 7.11 Å². The molecule has 2 fully saturated rings. The summed E-state index contributed by atoms with van der Waals surface area (Å²) in [6, 6.07) is 0.722. The zero-order valence-corrected chi connectivity index (χ0v) is 13.3. The van der Waals surface area contributed by atoms with Crippen molar-refractivity contribution >= 4 is 0 Å². The standard InChI is InChI=1S/C16H32N2O/c1-5-14-11-17-15(3,6-2)12-18(14)13-16(7-8-16)9-10-19-4/h14,17H,5-13H2,1-4H3. The Morgan fingerprint density at radius 1 is 1.32 bits per heavy atom. The minimum absolute atomic E-state index is 0.309. The maximum absolute atomic E-state index is 5.29. The van der Waals surface area contributed by atoms with E-state index in [1.54, 1.807) is 0 Å². The number of hydrogen-bond acceptors (Lipinski definition) is 3. The third-order valence-corrected chi connectivity index (χ3v) is 5.42. The van der Waals surface area contributed by atoms with Crippen molar-refractivity contribution in [2.75, 3.05) is 33.4 Å². The summed E-state index contributed by atoms with van der Waals surface area (Å²) in [5, 5.41) is 3.76. The second kappa shape index (κ2) is 6.11. The Kier molecular flexibility index (Phi) is 4.91. The Labute approximate surface area is 119 Å². The van der Waals surface area contributed by atoms with Gasteiger partial charge < -0.3 is 10.1 Å². The minimum atomic E-state index is 0.309. The quantitative estimate of drug-likeness (QED) is 0.768. The van der Waals surface area contributed by atoms with Gasteiger partial charge in [0.1, 0.15) is 0 Å². The molecule has 1 saturated heterocycles. The molecule has 112 valence electrons. The summed E-state index contributed by atoms with van der Waals surface area (Å²) in [5.74, 6) is 0. The molecule has 3 heteroatoms. The predicted molar refractivity (Wildman–Crippen MR) is 80.5 cm³/mol. The van der Waals surface area contributed by atoms with Crippen LogP contribution in [0.2, 0.25) is 0 Å². The minimum Gasteiger partial charge on any atom is -0.385 e. The summed E-state index contributed by atoms with van der Waals surface area (Å²) in [6.07, 6.45) is 6.52. The molecule has 1 saturated carbocycles. The van der Waals surface area contributed by atoms with Crippen molar-refractivity contribution in [2.24, 2.45) is 5.41 Å². The Bertz CT molecular complexity index is 290. The molecule has 1 heterocycles. The van der Waals surface area contributed by atoms with E-state index in [1.165, 1.54) is 45.2 Å². The van der Waals surface area contributed by atoms with Crippen molar-refractivity contribution in [1.29, 1.82) is 0 Å². The van der Waals surface area contributed by atoms with Crippen LogP contribution in [0.3, 0.4) is 0 Å². The lowest BCUT2D eigenvalue weighted by Gasteiger charge is -2.47. The van der Waals surface area contributed by atoms with E-state index in [2.05, 4.69) is 31.0 Å². The van der Waals surface area contributed by atoms with Crippen LogP contribution in [0.15, 0.2) is 0 Å². The summed E-state index contributed by atoms with van der Waals surface area (Å²) in [5.41, 5.74) is 0.887. The van der Waals surface area contributed by atoms with E-state index >= 15 is 0 Å². The SMILES string of the molecule is CCC1CNC(C)(CC)CN1CC1(CCOC)CC1. The molecule has 19 heavy (non-hydrogen) atoms. The lowest BCUT2D eigenvalue weighted by molar-refractivity contribution is 0.0551. The molecular formula is C16H32N2O. The van der Waals surface area contributed by atoms with Crippen molar-refractivity contribution in [3.8, 4) is 0 Å². The first kappa shape index (κ1) is 15.3. The number of hydrogen-bond donors (Lipinski definition) is 1. The van der Waals surface area contributed by atoms with Crippen LogP contribution in [0.1, 0.15) is 52.9 Å². The Morgan fingerprint density at radius 2 is 2.05 bits per heavy atom. The summed E-state index contributed by atoms with van der Waals surface area (Å²) < 4.78 is 5.29. The Hall–Kier alpha value is -0.120. The van der Waals surface area contributed by atoms with Crippen LogP contribution >= 0.6 is 0 Å². The van der Waals surface area contributed by atoms with Crippen LogP contribution in [0.25, 0.3) is 0 Å². The highest BCUT2D eigenvalue weighted by atomic mass is 16.5. The van der Waals surface area contributed by atoms with Crippen molar-refractivity contribution in [3.63, 3.8) is 0 Å². The van der Waals surface area contributed by atoms with Crippen molar-refractivity contribution in [1.82, 2.24) is 10.2 Å².